The average molecular weight is 504 g/mol. The van der Waals surface area contributed by atoms with Crippen LogP contribution in [0.5, 0.6) is 5.75 Å². The van der Waals surface area contributed by atoms with Crippen molar-refractivity contribution >= 4 is 17.6 Å². The van der Waals surface area contributed by atoms with Gasteiger partial charge in [0.05, 0.1) is 17.3 Å². The van der Waals surface area contributed by atoms with E-state index in [1.54, 1.807) is 13.3 Å². The van der Waals surface area contributed by atoms with Gasteiger partial charge < -0.3 is 19.1 Å². The number of halogens is 1. The van der Waals surface area contributed by atoms with E-state index in [4.69, 9.17) is 21.1 Å². The number of carboxylic acids is 1. The lowest BCUT2D eigenvalue weighted by Gasteiger charge is -2.48. The van der Waals surface area contributed by atoms with Crippen LogP contribution in [0.1, 0.15) is 88.2 Å². The summed E-state index contributed by atoms with van der Waals surface area (Å²) in [6.07, 6.45) is 5.21. The number of aromatic nitrogens is 1. The summed E-state index contributed by atoms with van der Waals surface area (Å²) >= 11 is 6.66. The van der Waals surface area contributed by atoms with Crippen LogP contribution in [-0.2, 0) is 4.74 Å². The first-order chi connectivity index (χ1) is 16.6. The molecule has 1 aliphatic heterocycles. The van der Waals surface area contributed by atoms with Crippen LogP contribution >= 0.6 is 11.6 Å². The van der Waals surface area contributed by atoms with E-state index in [9.17, 15) is 14.7 Å². The number of aromatic carboxylic acids is 1. The minimum Gasteiger partial charge on any atom is -0.492 e. The van der Waals surface area contributed by atoms with Crippen molar-refractivity contribution in [3.8, 4) is 17.0 Å². The molecule has 0 saturated carbocycles. The Morgan fingerprint density at radius 3 is 2.54 bits per heavy atom. The van der Waals surface area contributed by atoms with Crippen molar-refractivity contribution < 1.29 is 19.4 Å². The predicted octanol–water partition coefficient (Wildman–Crippen LogP) is 6.79. The molecule has 192 valence electrons. The Kier molecular flexibility index (Phi) is 8.71. The van der Waals surface area contributed by atoms with E-state index >= 15 is 0 Å². The molecule has 0 spiro atoms. The van der Waals surface area contributed by atoms with Gasteiger partial charge in [-0.15, -0.1) is 0 Å². The number of rotatable bonds is 11. The van der Waals surface area contributed by atoms with Crippen molar-refractivity contribution in [1.29, 1.82) is 0 Å². The molecule has 0 bridgehead atoms. The second-order valence-corrected chi connectivity index (χ2v) is 10.7. The van der Waals surface area contributed by atoms with Crippen molar-refractivity contribution in [3.63, 3.8) is 0 Å². The molecule has 0 amide bonds. The molecule has 3 rings (SSSR count). The highest BCUT2D eigenvalue weighted by Gasteiger charge is 2.44. The summed E-state index contributed by atoms with van der Waals surface area (Å²) in [7, 11) is 1.66. The van der Waals surface area contributed by atoms with Crippen LogP contribution in [0.25, 0.3) is 11.3 Å². The highest BCUT2D eigenvalue weighted by atomic mass is 35.5. The van der Waals surface area contributed by atoms with Gasteiger partial charge in [0.1, 0.15) is 11.3 Å². The van der Waals surface area contributed by atoms with Crippen LogP contribution in [0, 0.1) is 11.3 Å². The van der Waals surface area contributed by atoms with Crippen molar-refractivity contribution in [3.05, 3.63) is 50.8 Å². The predicted molar refractivity (Wildman–Crippen MR) is 140 cm³/mol. The standard InChI is InChI=1S/C28H38ClNO5/c1-7-10-28(4,5)26-25(17(3)8-2)19-14-24(35-12-9-11-34-6)21(29)13-18(19)22-15-23(31)20(27(32)33)16-30(22)26/h13-17,25-26H,7-12H2,1-6H3,(H,32,33)/t17?,25-,26+/m1/s1. The Labute approximate surface area is 213 Å². The Balaban J connectivity index is 2.30. The van der Waals surface area contributed by atoms with E-state index in [0.717, 1.165) is 36.8 Å². The lowest BCUT2D eigenvalue weighted by Crippen LogP contribution is -2.39. The number of carbonyl (C=O) groups is 1. The molecule has 1 unspecified atom stereocenters. The highest BCUT2D eigenvalue weighted by molar-refractivity contribution is 6.32. The van der Waals surface area contributed by atoms with Crippen LogP contribution in [0.4, 0.5) is 0 Å². The van der Waals surface area contributed by atoms with E-state index in [-0.39, 0.29) is 22.9 Å². The number of nitrogens with zero attached hydrogens (tertiary/aromatic N) is 1. The Morgan fingerprint density at radius 2 is 1.94 bits per heavy atom. The maximum Gasteiger partial charge on any atom is 0.341 e. The number of ether oxygens (including phenoxy) is 2. The third-order valence-electron chi connectivity index (χ3n) is 7.39. The number of benzene rings is 1. The van der Waals surface area contributed by atoms with Crippen molar-refractivity contribution in [2.45, 2.75) is 72.3 Å². The number of pyridine rings is 1. The van der Waals surface area contributed by atoms with Crippen LogP contribution < -0.4 is 10.2 Å². The second-order valence-electron chi connectivity index (χ2n) is 10.3. The molecule has 1 N–H and O–H groups in total. The maximum absolute atomic E-state index is 12.8. The molecule has 1 aromatic heterocycles. The Hall–Kier alpha value is -2.31. The largest absolute Gasteiger partial charge is 0.492 e. The fourth-order valence-corrected chi connectivity index (χ4v) is 5.81. The minimum atomic E-state index is -1.21. The van der Waals surface area contributed by atoms with Crippen LogP contribution in [0.2, 0.25) is 5.02 Å². The maximum atomic E-state index is 12.8. The first-order valence-corrected chi connectivity index (χ1v) is 12.9. The molecule has 1 aromatic carbocycles. The molecule has 0 aliphatic carbocycles. The van der Waals surface area contributed by atoms with Crippen LogP contribution in [-0.4, -0.2) is 36.0 Å². The molecule has 0 radical (unpaired) electrons. The molecule has 6 nitrogen and oxygen atoms in total. The monoisotopic (exact) mass is 503 g/mol. The number of methoxy groups -OCH3 is 1. The SMILES string of the molecule is CCCC(C)(C)[C@@H]1[C@H](C(C)CC)c2cc(OCCCOC)c(Cl)cc2-c2cc(=O)c(C(=O)O)cn21. The van der Waals surface area contributed by atoms with Gasteiger partial charge in [-0.05, 0) is 35.4 Å². The first-order valence-electron chi connectivity index (χ1n) is 12.5. The number of carboxylic acid groups (broad SMARTS) is 1. The second kappa shape index (κ2) is 11.2. The summed E-state index contributed by atoms with van der Waals surface area (Å²) in [5, 5.41) is 10.2. The van der Waals surface area contributed by atoms with E-state index in [2.05, 4.69) is 34.6 Å². The molecule has 7 heteroatoms. The zero-order valence-corrected chi connectivity index (χ0v) is 22.4. The molecule has 0 fully saturated rings. The molecule has 35 heavy (non-hydrogen) atoms. The third-order valence-corrected chi connectivity index (χ3v) is 7.69. The molecule has 2 aromatic rings. The van der Waals surface area contributed by atoms with Crippen molar-refractivity contribution in [2.24, 2.45) is 11.3 Å². The third kappa shape index (κ3) is 5.44. The summed E-state index contributed by atoms with van der Waals surface area (Å²) in [5.41, 5.74) is 1.81. The Bertz CT molecular complexity index is 1120. The van der Waals surface area contributed by atoms with E-state index in [1.807, 2.05) is 16.7 Å². The Morgan fingerprint density at radius 1 is 1.23 bits per heavy atom. The quantitative estimate of drug-likeness (QED) is 0.341. The van der Waals surface area contributed by atoms with Crippen LogP contribution in [0.15, 0.2) is 29.2 Å². The van der Waals surface area contributed by atoms with Crippen molar-refractivity contribution in [1.82, 2.24) is 4.57 Å². The zero-order chi connectivity index (χ0) is 25.9. The average Bonchev–Trinajstić information content (AvgIpc) is 2.80. The topological polar surface area (TPSA) is 77.8 Å². The van der Waals surface area contributed by atoms with Gasteiger partial charge in [-0.25, -0.2) is 4.79 Å². The fraction of sp³-hybridized carbons (Fsp3) is 0.571. The lowest BCUT2D eigenvalue weighted by atomic mass is 9.65. The molecule has 0 saturated heterocycles. The van der Waals surface area contributed by atoms with Crippen LogP contribution in [0.3, 0.4) is 0 Å². The van der Waals surface area contributed by atoms with E-state index in [0.29, 0.717) is 35.6 Å². The number of fused-ring (bicyclic) bond motifs is 3. The van der Waals surface area contributed by atoms with E-state index in [1.165, 1.54) is 6.07 Å². The zero-order valence-electron chi connectivity index (χ0n) is 21.7. The molecule has 1 aliphatic rings. The number of hydrogen-bond donors (Lipinski definition) is 1. The lowest BCUT2D eigenvalue weighted by molar-refractivity contribution is 0.0692. The molecular weight excluding hydrogens is 466 g/mol. The van der Waals surface area contributed by atoms with Gasteiger partial charge in [0.2, 0.25) is 0 Å². The smallest absolute Gasteiger partial charge is 0.341 e. The highest BCUT2D eigenvalue weighted by Crippen LogP contribution is 2.55. The van der Waals surface area contributed by atoms with Gasteiger partial charge in [-0.1, -0.05) is 59.1 Å². The molecule has 3 atom stereocenters. The van der Waals surface area contributed by atoms with Gasteiger partial charge >= 0.3 is 5.97 Å². The molecule has 2 heterocycles. The summed E-state index contributed by atoms with van der Waals surface area (Å²) in [6, 6.07) is 5.32. The van der Waals surface area contributed by atoms with Gasteiger partial charge in [0.15, 0.2) is 5.43 Å². The van der Waals surface area contributed by atoms with Gasteiger partial charge in [0.25, 0.3) is 0 Å². The van der Waals surface area contributed by atoms with E-state index < -0.39 is 11.4 Å². The number of hydrogen-bond acceptors (Lipinski definition) is 4. The first kappa shape index (κ1) is 27.3. The van der Waals surface area contributed by atoms with Gasteiger partial charge in [-0.3, -0.25) is 4.79 Å². The molecular formula is C28H38ClNO5. The van der Waals surface area contributed by atoms with Gasteiger partial charge in [0, 0.05) is 49.9 Å². The summed E-state index contributed by atoms with van der Waals surface area (Å²) in [4.78, 5) is 24.7. The summed E-state index contributed by atoms with van der Waals surface area (Å²) in [5.74, 6) is -0.189. The van der Waals surface area contributed by atoms with Crippen molar-refractivity contribution in [2.75, 3.05) is 20.3 Å². The minimum absolute atomic E-state index is 0.0406. The summed E-state index contributed by atoms with van der Waals surface area (Å²) in [6.45, 7) is 12.1. The normalized spacial score (nSPS) is 18.0. The summed E-state index contributed by atoms with van der Waals surface area (Å²) < 4.78 is 13.2. The van der Waals surface area contributed by atoms with Gasteiger partial charge in [-0.2, -0.15) is 0 Å². The fourth-order valence-electron chi connectivity index (χ4n) is 5.59.